The van der Waals surface area contributed by atoms with Crippen LogP contribution in [0.3, 0.4) is 0 Å². The number of urea groups is 1. The summed E-state index contributed by atoms with van der Waals surface area (Å²) in [6.07, 6.45) is 5.91. The first-order valence-electron chi connectivity index (χ1n) is 7.30. The third-order valence-electron chi connectivity index (χ3n) is 3.88. The van der Waals surface area contributed by atoms with Crippen molar-refractivity contribution in [3.05, 3.63) is 0 Å². The molecule has 0 atom stereocenters. The van der Waals surface area contributed by atoms with Gasteiger partial charge in [-0.25, -0.2) is 4.79 Å². The number of aliphatic carboxylic acids is 1. The molecule has 0 aliphatic heterocycles. The van der Waals surface area contributed by atoms with Gasteiger partial charge >= 0.3 is 12.0 Å². The molecule has 0 aromatic heterocycles. The van der Waals surface area contributed by atoms with Gasteiger partial charge in [-0.1, -0.05) is 19.3 Å². The average molecular weight is 286 g/mol. The highest BCUT2D eigenvalue weighted by molar-refractivity contribution is 5.74. The van der Waals surface area contributed by atoms with Gasteiger partial charge in [-0.3, -0.25) is 4.79 Å². The van der Waals surface area contributed by atoms with E-state index < -0.39 is 5.97 Å². The van der Waals surface area contributed by atoms with E-state index in [1.54, 1.807) is 7.11 Å². The van der Waals surface area contributed by atoms with Gasteiger partial charge in [-0.15, -0.1) is 0 Å². The lowest BCUT2D eigenvalue weighted by molar-refractivity contribution is -0.140. The van der Waals surface area contributed by atoms with Gasteiger partial charge in [-0.2, -0.15) is 0 Å². The number of nitrogens with one attached hydrogen (secondary N) is 2. The molecule has 0 aromatic carbocycles. The maximum absolute atomic E-state index is 11.7. The Hall–Kier alpha value is -1.30. The lowest BCUT2D eigenvalue weighted by Gasteiger charge is -2.36. The maximum atomic E-state index is 11.7. The highest BCUT2D eigenvalue weighted by Crippen LogP contribution is 2.38. The fourth-order valence-electron chi connectivity index (χ4n) is 2.79. The topological polar surface area (TPSA) is 87.7 Å². The van der Waals surface area contributed by atoms with Crippen molar-refractivity contribution in [1.82, 2.24) is 10.6 Å². The summed E-state index contributed by atoms with van der Waals surface area (Å²) in [5.74, 6) is -0.783. The molecule has 6 heteroatoms. The van der Waals surface area contributed by atoms with Crippen LogP contribution >= 0.6 is 0 Å². The average Bonchev–Trinajstić information content (AvgIpc) is 2.42. The van der Waals surface area contributed by atoms with Crippen LogP contribution in [0.15, 0.2) is 0 Å². The quantitative estimate of drug-likeness (QED) is 0.593. The molecule has 1 saturated carbocycles. The van der Waals surface area contributed by atoms with Gasteiger partial charge < -0.3 is 20.5 Å². The summed E-state index contributed by atoms with van der Waals surface area (Å²) in [6, 6.07) is -0.226. The second-order valence-electron chi connectivity index (χ2n) is 5.59. The number of carbonyl (C=O) groups excluding carboxylic acids is 1. The lowest BCUT2D eigenvalue weighted by atomic mass is 9.72. The smallest absolute Gasteiger partial charge is 0.314 e. The number of carboxylic acid groups (broad SMARTS) is 1. The third-order valence-corrected chi connectivity index (χ3v) is 3.88. The number of methoxy groups -OCH3 is 1. The van der Waals surface area contributed by atoms with Gasteiger partial charge in [0.05, 0.1) is 6.42 Å². The highest BCUT2D eigenvalue weighted by Gasteiger charge is 2.34. The van der Waals surface area contributed by atoms with Gasteiger partial charge in [0.25, 0.3) is 0 Å². The van der Waals surface area contributed by atoms with E-state index in [1.807, 2.05) is 0 Å². The Kier molecular flexibility index (Phi) is 7.36. The zero-order chi connectivity index (χ0) is 14.8. The van der Waals surface area contributed by atoms with Crippen molar-refractivity contribution < 1.29 is 19.4 Å². The summed E-state index contributed by atoms with van der Waals surface area (Å²) in [5, 5.41) is 14.6. The van der Waals surface area contributed by atoms with Crippen molar-refractivity contribution >= 4 is 12.0 Å². The summed E-state index contributed by atoms with van der Waals surface area (Å²) in [7, 11) is 1.62. The Morgan fingerprint density at radius 1 is 1.20 bits per heavy atom. The fraction of sp³-hybridized carbons (Fsp3) is 0.857. The van der Waals surface area contributed by atoms with Gasteiger partial charge in [0.1, 0.15) is 0 Å². The Morgan fingerprint density at radius 2 is 1.90 bits per heavy atom. The molecule has 20 heavy (non-hydrogen) atoms. The number of hydrogen-bond donors (Lipinski definition) is 3. The van der Waals surface area contributed by atoms with Crippen LogP contribution in [0.1, 0.15) is 44.9 Å². The Bertz CT molecular complexity index is 314. The standard InChI is InChI=1S/C14H26N2O4/c1-20-9-5-8-15-13(19)16-11-14(10-12(17)18)6-3-2-4-7-14/h2-11H2,1H3,(H,17,18)(H2,15,16,19). The first-order valence-corrected chi connectivity index (χ1v) is 7.30. The molecule has 0 saturated heterocycles. The molecule has 1 rings (SSSR count). The van der Waals surface area contributed by atoms with Crippen molar-refractivity contribution in [2.24, 2.45) is 5.41 Å². The lowest BCUT2D eigenvalue weighted by Crippen LogP contribution is -2.44. The van der Waals surface area contributed by atoms with Crippen LogP contribution in [0.25, 0.3) is 0 Å². The minimum atomic E-state index is -0.783. The van der Waals surface area contributed by atoms with Crippen LogP contribution in [0.5, 0.6) is 0 Å². The molecule has 0 bridgehead atoms. The number of carbonyl (C=O) groups is 2. The van der Waals surface area contributed by atoms with E-state index in [0.717, 1.165) is 38.5 Å². The van der Waals surface area contributed by atoms with Crippen LogP contribution in [0.2, 0.25) is 0 Å². The van der Waals surface area contributed by atoms with E-state index >= 15 is 0 Å². The van der Waals surface area contributed by atoms with Gasteiger partial charge in [0.2, 0.25) is 0 Å². The Labute approximate surface area is 120 Å². The first kappa shape index (κ1) is 16.8. The van der Waals surface area contributed by atoms with E-state index in [0.29, 0.717) is 19.7 Å². The molecule has 2 amide bonds. The summed E-state index contributed by atoms with van der Waals surface area (Å²) >= 11 is 0. The Balaban J connectivity index is 2.34. The van der Waals surface area contributed by atoms with Gasteiger partial charge in [-0.05, 0) is 24.7 Å². The van der Waals surface area contributed by atoms with Crippen molar-refractivity contribution in [2.45, 2.75) is 44.9 Å². The van der Waals surface area contributed by atoms with E-state index in [-0.39, 0.29) is 17.9 Å². The summed E-state index contributed by atoms with van der Waals surface area (Å²) in [6.45, 7) is 1.62. The minimum Gasteiger partial charge on any atom is -0.481 e. The largest absolute Gasteiger partial charge is 0.481 e. The van der Waals surface area contributed by atoms with Crippen LogP contribution < -0.4 is 10.6 Å². The molecule has 1 aliphatic carbocycles. The molecular weight excluding hydrogens is 260 g/mol. The second-order valence-corrected chi connectivity index (χ2v) is 5.59. The zero-order valence-electron chi connectivity index (χ0n) is 12.2. The van der Waals surface area contributed by atoms with E-state index in [1.165, 1.54) is 0 Å². The number of hydrogen-bond acceptors (Lipinski definition) is 3. The summed E-state index contributed by atoms with van der Waals surface area (Å²) in [5.41, 5.74) is -0.270. The van der Waals surface area contributed by atoms with Gasteiger partial charge in [0.15, 0.2) is 0 Å². The third kappa shape index (κ3) is 6.23. The molecule has 0 spiro atoms. The molecule has 0 aromatic rings. The molecule has 6 nitrogen and oxygen atoms in total. The SMILES string of the molecule is COCCCNC(=O)NCC1(CC(=O)O)CCCCC1. The van der Waals surface area contributed by atoms with E-state index in [9.17, 15) is 9.59 Å². The molecule has 0 unspecified atom stereocenters. The zero-order valence-corrected chi connectivity index (χ0v) is 12.2. The normalized spacial score (nSPS) is 17.4. The summed E-state index contributed by atoms with van der Waals surface area (Å²) < 4.78 is 4.90. The van der Waals surface area contributed by atoms with Crippen LogP contribution in [0, 0.1) is 5.41 Å². The predicted octanol–water partition coefficient (Wildman–Crippen LogP) is 1.75. The molecular formula is C14H26N2O4. The van der Waals surface area contributed by atoms with Crippen LogP contribution in [-0.2, 0) is 9.53 Å². The second kappa shape index (κ2) is 8.79. The molecule has 1 aliphatic rings. The molecule has 0 heterocycles. The van der Waals surface area contributed by atoms with Crippen LogP contribution in [0.4, 0.5) is 4.79 Å². The molecule has 1 fully saturated rings. The van der Waals surface area contributed by atoms with E-state index in [2.05, 4.69) is 10.6 Å². The van der Waals surface area contributed by atoms with E-state index in [4.69, 9.17) is 9.84 Å². The highest BCUT2D eigenvalue weighted by atomic mass is 16.5. The Morgan fingerprint density at radius 3 is 2.50 bits per heavy atom. The molecule has 3 N–H and O–H groups in total. The number of ether oxygens (including phenoxy) is 1. The number of carboxylic acids is 1. The van der Waals surface area contributed by atoms with Crippen molar-refractivity contribution in [2.75, 3.05) is 26.8 Å². The maximum Gasteiger partial charge on any atom is 0.314 e. The summed E-state index contributed by atoms with van der Waals surface area (Å²) in [4.78, 5) is 22.7. The predicted molar refractivity (Wildman–Crippen MR) is 75.7 cm³/mol. The number of rotatable bonds is 8. The molecule has 116 valence electrons. The monoisotopic (exact) mass is 286 g/mol. The number of amides is 2. The van der Waals surface area contributed by atoms with Crippen molar-refractivity contribution in [3.63, 3.8) is 0 Å². The van der Waals surface area contributed by atoms with Crippen LogP contribution in [-0.4, -0.2) is 43.9 Å². The van der Waals surface area contributed by atoms with Crippen molar-refractivity contribution in [1.29, 1.82) is 0 Å². The first-order chi connectivity index (χ1) is 9.58. The molecule has 0 radical (unpaired) electrons. The van der Waals surface area contributed by atoms with Gasteiger partial charge in [0, 0.05) is 26.8 Å². The fourth-order valence-corrected chi connectivity index (χ4v) is 2.79. The minimum absolute atomic E-state index is 0.136. The van der Waals surface area contributed by atoms with Crippen molar-refractivity contribution in [3.8, 4) is 0 Å².